The second kappa shape index (κ2) is 5.26. The monoisotopic (exact) mass is 221 g/mol. The second-order valence-electron chi connectivity index (χ2n) is 2.22. The molecule has 0 radical (unpaired) electrons. The van der Waals surface area contributed by atoms with Crippen LogP contribution in [0.15, 0.2) is 0 Å². The van der Waals surface area contributed by atoms with Crippen LogP contribution in [0.3, 0.4) is 0 Å². The average Bonchev–Trinajstić information content (AvgIpc) is 2.04. The largest absolute Gasteiger partial charge is 0.383 e. The van der Waals surface area contributed by atoms with Gasteiger partial charge in [-0.25, -0.2) is 8.78 Å². The van der Waals surface area contributed by atoms with E-state index in [0.717, 1.165) is 0 Å². The Bertz CT molecular complexity index is 176. The first-order chi connectivity index (χ1) is 5.92. The average molecular weight is 222 g/mol. The minimum absolute atomic E-state index is 0.134. The highest BCUT2D eigenvalue weighted by Crippen LogP contribution is 2.22. The minimum Gasteiger partial charge on any atom is -0.351 e. The quantitative estimate of drug-likeness (QED) is 0.427. The molecule has 0 aliphatic rings. The molecule has 2 nitrogen and oxygen atoms in total. The Morgan fingerprint density at radius 1 is 1.46 bits per heavy atom. The molecule has 0 rings (SSSR count). The van der Waals surface area contributed by atoms with Crippen molar-refractivity contribution in [2.45, 2.75) is 18.8 Å². The summed E-state index contributed by atoms with van der Waals surface area (Å²) in [6.07, 6.45) is -3.73. The predicted molar refractivity (Wildman–Crippen MR) is 39.3 cm³/mol. The molecule has 0 heterocycles. The van der Waals surface area contributed by atoms with Crippen molar-refractivity contribution in [1.82, 2.24) is 5.32 Å². The summed E-state index contributed by atoms with van der Waals surface area (Å²) in [7, 11) is 0. The van der Waals surface area contributed by atoms with E-state index in [0.29, 0.717) is 0 Å². The summed E-state index contributed by atoms with van der Waals surface area (Å²) in [6.45, 7) is -0.134. The first kappa shape index (κ1) is 12.5. The van der Waals surface area contributed by atoms with E-state index in [1.54, 1.807) is 5.32 Å². The van der Waals surface area contributed by atoms with Crippen LogP contribution in [0.1, 0.15) is 6.42 Å². The normalized spacial score (nSPS) is 11.8. The number of hydrogen-bond donors (Lipinski definition) is 1. The van der Waals surface area contributed by atoms with E-state index in [4.69, 9.17) is 11.6 Å². The molecule has 1 N–H and O–H groups in total. The van der Waals surface area contributed by atoms with Crippen molar-refractivity contribution in [1.29, 1.82) is 0 Å². The number of carbonyl (C=O) groups is 1. The first-order valence-corrected chi connectivity index (χ1v) is 3.96. The molecule has 78 valence electrons. The summed E-state index contributed by atoms with van der Waals surface area (Å²) in [5, 5.41) is 1.65. The summed E-state index contributed by atoms with van der Waals surface area (Å²) in [4.78, 5) is 10.4. The van der Waals surface area contributed by atoms with Gasteiger partial charge in [-0.1, -0.05) is 0 Å². The number of carbonyl (C=O) groups excluding carboxylic acids is 1. The van der Waals surface area contributed by atoms with Crippen LogP contribution >= 0.6 is 11.6 Å². The van der Waals surface area contributed by atoms with Crippen LogP contribution in [-0.2, 0) is 4.79 Å². The summed E-state index contributed by atoms with van der Waals surface area (Å²) < 4.78 is 47.4. The molecule has 0 aromatic carbocycles. The number of hydrogen-bond acceptors (Lipinski definition) is 1. The Kier molecular flexibility index (Phi) is 5.05. The SMILES string of the molecule is O=C(NCCCCl)C(F)(F)C(F)F. The Morgan fingerprint density at radius 3 is 2.38 bits per heavy atom. The molecule has 13 heavy (non-hydrogen) atoms. The molecule has 1 amide bonds. The molecule has 0 saturated heterocycles. The van der Waals surface area contributed by atoms with Crippen LogP contribution in [-0.4, -0.2) is 30.7 Å². The van der Waals surface area contributed by atoms with Crippen LogP contribution in [0.4, 0.5) is 17.6 Å². The van der Waals surface area contributed by atoms with Gasteiger partial charge in [-0.2, -0.15) is 8.78 Å². The third-order valence-electron chi connectivity index (χ3n) is 1.17. The van der Waals surface area contributed by atoms with Gasteiger partial charge in [0, 0.05) is 12.4 Å². The van der Waals surface area contributed by atoms with E-state index in [2.05, 4.69) is 0 Å². The molecule has 0 aromatic rings. The zero-order valence-electron chi connectivity index (χ0n) is 6.50. The first-order valence-electron chi connectivity index (χ1n) is 3.43. The van der Waals surface area contributed by atoms with Crippen LogP contribution < -0.4 is 5.32 Å². The number of rotatable bonds is 5. The molecule has 0 bridgehead atoms. The lowest BCUT2D eigenvalue weighted by atomic mass is 10.3. The van der Waals surface area contributed by atoms with Gasteiger partial charge in [-0.3, -0.25) is 4.79 Å². The highest BCUT2D eigenvalue weighted by molar-refractivity contribution is 6.17. The highest BCUT2D eigenvalue weighted by Gasteiger charge is 2.48. The Hall–Kier alpha value is -0.520. The topological polar surface area (TPSA) is 29.1 Å². The zero-order valence-corrected chi connectivity index (χ0v) is 7.25. The van der Waals surface area contributed by atoms with Crippen molar-refractivity contribution in [2.75, 3.05) is 12.4 Å². The maximum absolute atomic E-state index is 12.2. The number of alkyl halides is 5. The molecule has 0 aliphatic carbocycles. The Balaban J connectivity index is 3.95. The standard InChI is InChI=1S/C6H8ClF4NO/c7-2-1-3-12-5(13)6(10,11)4(8)9/h4H,1-3H2,(H,12,13). The van der Waals surface area contributed by atoms with E-state index in [1.165, 1.54) is 0 Å². The molecular formula is C6H8ClF4NO. The fourth-order valence-electron chi connectivity index (χ4n) is 0.486. The van der Waals surface area contributed by atoms with Gasteiger partial charge in [-0.05, 0) is 6.42 Å². The van der Waals surface area contributed by atoms with Crippen molar-refractivity contribution in [2.24, 2.45) is 0 Å². The van der Waals surface area contributed by atoms with Crippen LogP contribution in [0.2, 0.25) is 0 Å². The highest BCUT2D eigenvalue weighted by atomic mass is 35.5. The van der Waals surface area contributed by atoms with Gasteiger partial charge < -0.3 is 5.32 Å². The van der Waals surface area contributed by atoms with E-state index < -0.39 is 18.3 Å². The molecule has 0 saturated carbocycles. The summed E-state index contributed by atoms with van der Waals surface area (Å²) in [6, 6.07) is 0. The smallest absolute Gasteiger partial charge is 0.351 e. The van der Waals surface area contributed by atoms with Crippen molar-refractivity contribution >= 4 is 17.5 Å². The molecule has 0 fully saturated rings. The van der Waals surface area contributed by atoms with Crippen LogP contribution in [0.5, 0.6) is 0 Å². The minimum atomic E-state index is -4.62. The number of halogens is 5. The molecule has 7 heteroatoms. The zero-order chi connectivity index (χ0) is 10.5. The summed E-state index contributed by atoms with van der Waals surface area (Å²) in [5.74, 6) is -6.42. The maximum Gasteiger partial charge on any atom is 0.383 e. The van der Waals surface area contributed by atoms with Gasteiger partial charge in [-0.15, -0.1) is 11.6 Å². The van der Waals surface area contributed by atoms with Crippen LogP contribution in [0, 0.1) is 0 Å². The lowest BCUT2D eigenvalue weighted by Gasteiger charge is -2.14. The van der Waals surface area contributed by atoms with Gasteiger partial charge in [0.25, 0.3) is 5.91 Å². The lowest BCUT2D eigenvalue weighted by Crippen LogP contribution is -2.45. The van der Waals surface area contributed by atoms with Gasteiger partial charge in [0.2, 0.25) is 0 Å². The van der Waals surface area contributed by atoms with E-state index in [1.807, 2.05) is 0 Å². The molecule has 0 aromatic heterocycles. The Morgan fingerprint density at radius 2 is 2.00 bits per heavy atom. The Labute approximate surface area is 77.2 Å². The lowest BCUT2D eigenvalue weighted by molar-refractivity contribution is -0.169. The third-order valence-corrected chi connectivity index (χ3v) is 1.44. The third kappa shape index (κ3) is 3.80. The van der Waals surface area contributed by atoms with Gasteiger partial charge in [0.05, 0.1) is 0 Å². The summed E-state index contributed by atoms with van der Waals surface area (Å²) >= 11 is 5.17. The van der Waals surface area contributed by atoms with Crippen molar-refractivity contribution in [3.63, 3.8) is 0 Å². The molecule has 0 aliphatic heterocycles. The number of amides is 1. The molecule has 0 atom stereocenters. The van der Waals surface area contributed by atoms with E-state index in [9.17, 15) is 22.4 Å². The van der Waals surface area contributed by atoms with Crippen molar-refractivity contribution in [3.8, 4) is 0 Å². The summed E-state index contributed by atoms with van der Waals surface area (Å²) in [5.41, 5.74) is 0. The molecule has 0 unspecified atom stereocenters. The maximum atomic E-state index is 12.2. The number of nitrogens with one attached hydrogen (secondary N) is 1. The van der Waals surface area contributed by atoms with Gasteiger partial charge in [0.15, 0.2) is 0 Å². The van der Waals surface area contributed by atoms with E-state index in [-0.39, 0.29) is 18.8 Å². The van der Waals surface area contributed by atoms with Crippen molar-refractivity contribution in [3.05, 3.63) is 0 Å². The van der Waals surface area contributed by atoms with E-state index >= 15 is 0 Å². The second-order valence-corrected chi connectivity index (χ2v) is 2.60. The predicted octanol–water partition coefficient (Wildman–Crippen LogP) is 1.63. The van der Waals surface area contributed by atoms with Crippen LogP contribution in [0.25, 0.3) is 0 Å². The van der Waals surface area contributed by atoms with Crippen molar-refractivity contribution < 1.29 is 22.4 Å². The fraction of sp³-hybridized carbons (Fsp3) is 0.833. The molecular weight excluding hydrogens is 214 g/mol. The molecule has 0 spiro atoms. The fourth-order valence-corrected chi connectivity index (χ4v) is 0.619. The van der Waals surface area contributed by atoms with Gasteiger partial charge >= 0.3 is 12.3 Å². The van der Waals surface area contributed by atoms with Gasteiger partial charge in [0.1, 0.15) is 0 Å².